The lowest BCUT2D eigenvalue weighted by molar-refractivity contribution is -0.126. The average molecular weight is 1680 g/mol. The summed E-state index contributed by atoms with van der Waals surface area (Å²) in [6.45, 7) is 27.9. The van der Waals surface area contributed by atoms with Gasteiger partial charge in [0, 0.05) is 80.6 Å². The maximum atomic E-state index is 17.3. The Hall–Kier alpha value is -12.0. The van der Waals surface area contributed by atoms with Crippen molar-refractivity contribution in [2.75, 3.05) is 19.8 Å². The Morgan fingerprint density at radius 3 is 1.05 bits per heavy atom. The van der Waals surface area contributed by atoms with Gasteiger partial charge in [0.25, 0.3) is 23.6 Å². The van der Waals surface area contributed by atoms with Crippen LogP contribution < -0.4 is 34.9 Å². The third-order valence-corrected chi connectivity index (χ3v) is 27.1. The van der Waals surface area contributed by atoms with Crippen LogP contribution in [0.3, 0.4) is 0 Å². The minimum atomic E-state index is -1.42. The summed E-state index contributed by atoms with van der Waals surface area (Å²) in [5.74, 6) is -1.50. The molecule has 13 aromatic rings. The molecule has 17 nitrogen and oxygen atoms in total. The van der Waals surface area contributed by atoms with E-state index in [0.29, 0.717) is 87.2 Å². The maximum Gasteiger partial charge on any atom is 0.262 e. The van der Waals surface area contributed by atoms with Gasteiger partial charge in [-0.25, -0.2) is 0 Å². The number of hydrogen-bond acceptors (Lipinski definition) is 13. The molecule has 4 heterocycles. The summed E-state index contributed by atoms with van der Waals surface area (Å²) in [7, 11) is 0. The number of nitrogens with one attached hydrogen (secondary N) is 3. The first-order valence-electron chi connectivity index (χ1n) is 45.2. The molecule has 2 saturated heterocycles. The summed E-state index contributed by atoms with van der Waals surface area (Å²) >= 11 is 0. The minimum Gasteiger partial charge on any atom is -0.457 e. The first kappa shape index (κ1) is 83.5. The van der Waals surface area contributed by atoms with Crippen LogP contribution in [0, 0.1) is 5.92 Å². The van der Waals surface area contributed by atoms with E-state index in [1.165, 1.54) is 4.90 Å². The van der Waals surface area contributed by atoms with Crippen molar-refractivity contribution in [3.8, 4) is 46.0 Å². The van der Waals surface area contributed by atoms with E-state index in [1.807, 2.05) is 182 Å². The topological polar surface area (TPSA) is 207 Å². The second-order valence-electron chi connectivity index (χ2n) is 40.1. The van der Waals surface area contributed by atoms with E-state index in [2.05, 4.69) is 99.0 Å². The van der Waals surface area contributed by atoms with Gasteiger partial charge in [0.2, 0.25) is 11.8 Å². The fourth-order valence-electron chi connectivity index (χ4n) is 19.9. The predicted octanol–water partition coefficient (Wildman–Crippen LogP) is 23.1. The molecule has 126 heavy (non-hydrogen) atoms. The minimum absolute atomic E-state index is 0.0325. The van der Waals surface area contributed by atoms with Crippen LogP contribution in [0.1, 0.15) is 222 Å². The summed E-state index contributed by atoms with van der Waals surface area (Å²) in [5.41, 5.74) is 4.77. The Kier molecular flexibility index (Phi) is 21.7. The lowest BCUT2D eigenvalue weighted by Crippen LogP contribution is -2.57. The van der Waals surface area contributed by atoms with Crippen LogP contribution in [-0.4, -0.2) is 107 Å². The van der Waals surface area contributed by atoms with E-state index in [0.717, 1.165) is 118 Å². The molecule has 6 aliphatic rings. The highest BCUT2D eigenvalue weighted by Crippen LogP contribution is 2.59. The van der Waals surface area contributed by atoms with Crippen LogP contribution in [0.2, 0.25) is 0 Å². The van der Waals surface area contributed by atoms with Gasteiger partial charge in [-0.2, -0.15) is 0 Å². The fraction of sp³-hybridized carbons (Fsp3) is 0.358. The standard InChI is InChI=1S/C109H111N5O12/c1-106(2,3)67-34-43-74(44-35-67)123-88-55-82-92-83(103(118)113(102(82)117)86(52-65-26-18-24-63-22-13-15-31-80(63)65)100(115)111-72-29-17-21-62(51-72)33-42-78-60-121-78)56-89(124-75-45-36-68(37-46-75)107(4,5)6)95-97-91(126-77-49-40-70(41-50-77)109(10,11)12)58-85-93-84(57-90(96(99(93)97)94(88)98(92)95)125-76-47-38-69(39-48-76)108(7,8)9)104(119)114(105(85)120)87(53-66-27-19-25-64-23-14-16-32-81(64)66)101(116)112-73-30-20-28-71(54-73)110-59-79-61-122-79/h13-16,18-19,22-27,31-32,34-41,43-50,55-58,62,71-73,78-79,86-87,110H,17,20-21,28-30,33,42,51-54,59-61H2,1-12H3,(H,111,115)(H,112,116). The Morgan fingerprint density at radius 2 is 0.698 bits per heavy atom. The number of nitrogens with zero attached hydrogens (tertiary/aromatic N) is 2. The molecule has 8 atom stereocenters. The largest absolute Gasteiger partial charge is 0.457 e. The van der Waals surface area contributed by atoms with Crippen LogP contribution in [0.15, 0.2) is 206 Å². The number of epoxide rings is 2. The van der Waals surface area contributed by atoms with Gasteiger partial charge in [-0.05, 0) is 207 Å². The second-order valence-corrected chi connectivity index (χ2v) is 40.1. The van der Waals surface area contributed by atoms with Gasteiger partial charge in [0.15, 0.2) is 0 Å². The molecular weight excluding hydrogens is 1570 g/mol. The van der Waals surface area contributed by atoms with Crippen molar-refractivity contribution >= 4 is 100 Å². The van der Waals surface area contributed by atoms with Crippen molar-refractivity contribution in [1.29, 1.82) is 0 Å². The summed E-state index contributed by atoms with van der Waals surface area (Å²) < 4.78 is 41.6. The zero-order chi connectivity index (χ0) is 87.6. The highest BCUT2D eigenvalue weighted by Gasteiger charge is 2.48. The van der Waals surface area contributed by atoms with Crippen molar-refractivity contribution in [1.82, 2.24) is 25.8 Å². The second kappa shape index (κ2) is 32.8. The number of imide groups is 2. The smallest absolute Gasteiger partial charge is 0.262 e. The molecule has 0 aromatic heterocycles. The first-order valence-corrected chi connectivity index (χ1v) is 45.2. The van der Waals surface area contributed by atoms with Gasteiger partial charge < -0.3 is 44.4 Å². The van der Waals surface area contributed by atoms with Crippen LogP contribution in [0.5, 0.6) is 46.0 Å². The molecule has 6 amide bonds. The number of carbonyl (C=O) groups is 6. The molecule has 2 aliphatic carbocycles. The molecular formula is C109H111N5O12. The molecule has 0 bridgehead atoms. The number of hydrogen-bond donors (Lipinski definition) is 3. The van der Waals surface area contributed by atoms with E-state index >= 15 is 28.8 Å². The van der Waals surface area contributed by atoms with Crippen LogP contribution >= 0.6 is 0 Å². The highest BCUT2D eigenvalue weighted by atomic mass is 16.6. The van der Waals surface area contributed by atoms with Crippen molar-refractivity contribution in [3.05, 3.63) is 262 Å². The zero-order valence-electron chi connectivity index (χ0n) is 74.1. The van der Waals surface area contributed by atoms with Gasteiger partial charge in [-0.3, -0.25) is 38.6 Å². The fourth-order valence-corrected chi connectivity index (χ4v) is 19.9. The monoisotopic (exact) mass is 1680 g/mol. The lowest BCUT2D eigenvalue weighted by atomic mass is 9.80. The first-order chi connectivity index (χ1) is 60.4. The van der Waals surface area contributed by atoms with E-state index in [9.17, 15) is 0 Å². The van der Waals surface area contributed by atoms with E-state index in [1.54, 1.807) is 24.3 Å². The van der Waals surface area contributed by atoms with Gasteiger partial charge in [-0.1, -0.05) is 229 Å². The molecule has 0 spiro atoms. The van der Waals surface area contributed by atoms with Crippen molar-refractivity contribution in [2.24, 2.45) is 5.92 Å². The third-order valence-electron chi connectivity index (χ3n) is 27.1. The van der Waals surface area contributed by atoms with E-state index in [-0.39, 0.29) is 121 Å². The number of benzene rings is 13. The molecule has 4 aliphatic heterocycles. The zero-order valence-corrected chi connectivity index (χ0v) is 74.1. The van der Waals surface area contributed by atoms with Crippen LogP contribution in [-0.2, 0) is 53.6 Å². The highest BCUT2D eigenvalue weighted by molar-refractivity contribution is 6.45. The molecule has 19 rings (SSSR count). The lowest BCUT2D eigenvalue weighted by Gasteiger charge is -2.37. The molecule has 2 saturated carbocycles. The summed E-state index contributed by atoms with van der Waals surface area (Å²) in [6, 6.07) is 62.5. The van der Waals surface area contributed by atoms with E-state index in [4.69, 9.17) is 28.4 Å². The Balaban J connectivity index is 0.897. The summed E-state index contributed by atoms with van der Waals surface area (Å²) in [6.07, 6.45) is 8.75. The number of fused-ring (bicyclic) bond motifs is 4. The van der Waals surface area contributed by atoms with Crippen molar-refractivity contribution in [3.63, 3.8) is 0 Å². The molecule has 0 radical (unpaired) electrons. The molecule has 8 unspecified atom stereocenters. The van der Waals surface area contributed by atoms with Crippen LogP contribution in [0.25, 0.3) is 64.6 Å². The van der Waals surface area contributed by atoms with Gasteiger partial charge in [0.05, 0.1) is 47.7 Å². The molecule has 17 heteroatoms. The van der Waals surface area contributed by atoms with Crippen molar-refractivity contribution < 1.29 is 57.2 Å². The Bertz CT molecular complexity index is 5830. The normalized spacial score (nSPS) is 19.6. The van der Waals surface area contributed by atoms with Gasteiger partial charge in [0.1, 0.15) is 58.1 Å². The molecule has 4 fully saturated rings. The molecule has 3 N–H and O–H groups in total. The summed E-state index contributed by atoms with van der Waals surface area (Å²) in [5, 5.41) is 16.6. The number of ether oxygens (including phenoxy) is 6. The van der Waals surface area contributed by atoms with Gasteiger partial charge in [-0.15, -0.1) is 0 Å². The number of amides is 6. The quantitative estimate of drug-likeness (QED) is 0.0223. The SMILES string of the molecule is CC(C)(C)c1ccc(Oc2cc3c4c(cc(Oc5ccc(C(C)(C)C)cc5)c5c6c(Oc7ccc(C(C)(C)C)cc7)cc7c8c(cc(Oc9ccc(C(C)(C)C)cc9)c(c2c45)c86)C(=O)N(C(Cc2cccc4ccccc24)C(=O)NC2CCCC(NCC4CO4)C2)C7=O)C(=O)N(C(Cc2cccc4ccccc24)C(=O)NC2CCCC(CCC4CO4)C2)C3=O)cc1. The Morgan fingerprint density at radius 1 is 0.373 bits per heavy atom. The van der Waals surface area contributed by atoms with Crippen molar-refractivity contribution in [2.45, 2.75) is 224 Å². The number of rotatable bonds is 24. The average Bonchev–Trinajstić information content (AvgIpc) is 0.732. The molecule has 13 aromatic carbocycles. The third kappa shape index (κ3) is 16.4. The van der Waals surface area contributed by atoms with E-state index < -0.39 is 47.5 Å². The Labute approximate surface area is 736 Å². The maximum absolute atomic E-state index is 17.3. The molecule has 644 valence electrons. The van der Waals surface area contributed by atoms with Crippen LogP contribution in [0.4, 0.5) is 0 Å². The summed E-state index contributed by atoms with van der Waals surface area (Å²) in [4.78, 5) is 104. The van der Waals surface area contributed by atoms with Gasteiger partial charge >= 0.3 is 0 Å². The predicted molar refractivity (Wildman–Crippen MR) is 497 cm³/mol. The number of carbonyl (C=O) groups excluding carboxylic acids is 6.